The third-order valence-electron chi connectivity index (χ3n) is 5.78. The molecule has 0 unspecified atom stereocenters. The van der Waals surface area contributed by atoms with Crippen molar-refractivity contribution in [3.63, 3.8) is 0 Å². The summed E-state index contributed by atoms with van der Waals surface area (Å²) in [5.74, 6) is -1.09. The van der Waals surface area contributed by atoms with Crippen LogP contribution in [0.5, 0.6) is 0 Å². The summed E-state index contributed by atoms with van der Waals surface area (Å²) in [5.41, 5.74) is -0.890. The van der Waals surface area contributed by atoms with E-state index in [1.807, 2.05) is 23.6 Å². The first-order chi connectivity index (χ1) is 17.2. The van der Waals surface area contributed by atoms with E-state index < -0.39 is 28.6 Å². The first kappa shape index (κ1) is 27.7. The highest BCUT2D eigenvalue weighted by molar-refractivity contribution is 7.17. The summed E-state index contributed by atoms with van der Waals surface area (Å²) in [6, 6.07) is 3.27. The number of aromatic nitrogens is 2. The Hall–Kier alpha value is -2.93. The number of hydrogen-bond acceptors (Lipinski definition) is 8. The molecule has 36 heavy (non-hydrogen) atoms. The van der Waals surface area contributed by atoms with Gasteiger partial charge in [-0.2, -0.15) is 13.2 Å². The number of carbonyl (C=O) groups is 2. The number of amides is 1. The molecule has 2 saturated heterocycles. The number of hydrogen-bond donors (Lipinski definition) is 2. The number of carboxylic acids is 1. The molecule has 2 N–H and O–H groups in total. The van der Waals surface area contributed by atoms with Crippen molar-refractivity contribution in [3.8, 4) is 0 Å². The highest BCUT2D eigenvalue weighted by Gasteiger charge is 2.40. The van der Waals surface area contributed by atoms with Crippen LogP contribution >= 0.6 is 11.3 Å². The predicted octanol–water partition coefficient (Wildman–Crippen LogP) is 4.03. The lowest BCUT2D eigenvalue weighted by molar-refractivity contribution is -0.141. The summed E-state index contributed by atoms with van der Waals surface area (Å²) in [6.45, 7) is 7.60. The fourth-order valence-electron chi connectivity index (χ4n) is 4.04. The van der Waals surface area contributed by atoms with E-state index in [1.54, 1.807) is 17.0 Å². The zero-order chi connectivity index (χ0) is 26.3. The Bertz CT molecular complexity index is 1020. The fraction of sp³-hybridized carbons (Fsp3) is 0.565. The van der Waals surface area contributed by atoms with Gasteiger partial charge in [-0.25, -0.2) is 9.97 Å². The van der Waals surface area contributed by atoms with Gasteiger partial charge in [0.25, 0.3) is 5.91 Å². The number of anilines is 3. The summed E-state index contributed by atoms with van der Waals surface area (Å²) in [6.07, 6.45) is -0.536. The fourth-order valence-corrected chi connectivity index (χ4v) is 5.07. The predicted molar refractivity (Wildman–Crippen MR) is 133 cm³/mol. The molecule has 198 valence electrons. The van der Waals surface area contributed by atoms with E-state index in [0.717, 1.165) is 30.6 Å². The number of carboxylic acid groups (broad SMARTS) is 1. The Morgan fingerprint density at radius 1 is 1.03 bits per heavy atom. The largest absolute Gasteiger partial charge is 0.480 e. The molecule has 2 aliphatic heterocycles. The Morgan fingerprint density at radius 2 is 1.69 bits per heavy atom. The van der Waals surface area contributed by atoms with E-state index >= 15 is 0 Å². The van der Waals surface area contributed by atoms with Gasteiger partial charge in [0.15, 0.2) is 10.8 Å². The van der Waals surface area contributed by atoms with Crippen molar-refractivity contribution in [1.82, 2.24) is 14.9 Å². The molecule has 0 saturated carbocycles. The van der Waals surface area contributed by atoms with Gasteiger partial charge in [-0.3, -0.25) is 14.5 Å². The van der Waals surface area contributed by atoms with Gasteiger partial charge in [0, 0.05) is 39.3 Å². The summed E-state index contributed by atoms with van der Waals surface area (Å²) in [5, 5.41) is 11.6. The lowest BCUT2D eigenvalue weighted by Crippen LogP contribution is -2.48. The maximum atomic E-state index is 13.6. The van der Waals surface area contributed by atoms with Crippen molar-refractivity contribution < 1.29 is 27.9 Å². The second-order valence-corrected chi connectivity index (χ2v) is 9.21. The third kappa shape index (κ3) is 7.06. The Morgan fingerprint density at radius 3 is 2.25 bits per heavy atom. The van der Waals surface area contributed by atoms with E-state index in [0.29, 0.717) is 45.1 Å². The number of piperidine rings is 1. The second kappa shape index (κ2) is 12.3. The molecule has 4 rings (SSSR count). The van der Waals surface area contributed by atoms with Crippen molar-refractivity contribution in [3.05, 3.63) is 28.9 Å². The minimum atomic E-state index is -4.73. The smallest absolute Gasteiger partial charge is 0.435 e. The molecule has 1 amide bonds. The molecular formula is C23H31F3N6O3S. The van der Waals surface area contributed by atoms with Crippen molar-refractivity contribution in [2.75, 3.05) is 60.9 Å². The monoisotopic (exact) mass is 528 g/mol. The molecule has 2 fully saturated rings. The topological polar surface area (TPSA) is 102 Å². The first-order valence-electron chi connectivity index (χ1n) is 12.0. The van der Waals surface area contributed by atoms with Crippen LogP contribution in [0.1, 0.15) is 48.5 Å². The van der Waals surface area contributed by atoms with E-state index in [-0.39, 0.29) is 17.4 Å². The summed E-state index contributed by atoms with van der Waals surface area (Å²) < 4.78 is 40.7. The molecule has 0 aliphatic carbocycles. The lowest BCUT2D eigenvalue weighted by Gasteiger charge is -2.34. The first-order valence-corrected chi connectivity index (χ1v) is 12.8. The van der Waals surface area contributed by atoms with Crippen LogP contribution in [0, 0.1) is 0 Å². The van der Waals surface area contributed by atoms with E-state index in [4.69, 9.17) is 5.11 Å². The van der Waals surface area contributed by atoms with Crippen molar-refractivity contribution in [2.45, 2.75) is 39.3 Å². The number of nitrogens with zero attached hydrogens (tertiary/aromatic N) is 5. The van der Waals surface area contributed by atoms with E-state index in [9.17, 15) is 22.8 Å². The van der Waals surface area contributed by atoms with Gasteiger partial charge < -0.3 is 20.2 Å². The standard InChI is InChI=1S/C21H25F3N6O3S.C2H6/c22-21(23,24)18-17(34-20(27-18)30-6-2-1-3-7-30)19(33)26-14-4-5-15(25-12-14)29-10-8-28(9-11-29)13-16(31)32;1-2/h4-5,12H,1-3,6-11,13H2,(H,26,33)(H,31,32);1-2H3. The Kier molecular flexibility index (Phi) is 9.49. The van der Waals surface area contributed by atoms with Gasteiger partial charge in [0.05, 0.1) is 18.4 Å². The molecule has 0 aromatic carbocycles. The van der Waals surface area contributed by atoms with E-state index in [1.165, 1.54) is 6.20 Å². The van der Waals surface area contributed by atoms with Crippen molar-refractivity contribution in [2.24, 2.45) is 0 Å². The maximum Gasteiger partial charge on any atom is 0.435 e. The molecule has 2 aromatic heterocycles. The third-order valence-corrected chi connectivity index (χ3v) is 6.89. The van der Waals surface area contributed by atoms with Gasteiger partial charge in [-0.15, -0.1) is 0 Å². The number of pyridine rings is 1. The highest BCUT2D eigenvalue weighted by Crippen LogP contribution is 2.38. The zero-order valence-electron chi connectivity index (χ0n) is 20.3. The molecular weight excluding hydrogens is 497 g/mol. The molecule has 13 heteroatoms. The minimum Gasteiger partial charge on any atom is -0.480 e. The number of nitrogens with one attached hydrogen (secondary N) is 1. The minimum absolute atomic E-state index is 0.0107. The van der Waals surface area contributed by atoms with Crippen LogP contribution < -0.4 is 15.1 Å². The van der Waals surface area contributed by atoms with Gasteiger partial charge in [-0.1, -0.05) is 25.2 Å². The number of halogens is 3. The molecule has 9 nitrogen and oxygen atoms in total. The van der Waals surface area contributed by atoms with Gasteiger partial charge in [0.2, 0.25) is 0 Å². The molecule has 0 spiro atoms. The second-order valence-electron chi connectivity index (χ2n) is 8.24. The molecule has 2 aliphatic rings. The highest BCUT2D eigenvalue weighted by atomic mass is 32.1. The van der Waals surface area contributed by atoms with Crippen LogP contribution in [0.15, 0.2) is 18.3 Å². The van der Waals surface area contributed by atoms with Crippen molar-refractivity contribution >= 4 is 39.9 Å². The Balaban J connectivity index is 0.00000176. The molecule has 0 atom stereocenters. The lowest BCUT2D eigenvalue weighted by atomic mass is 10.1. The quantitative estimate of drug-likeness (QED) is 0.580. The molecule has 0 bridgehead atoms. The summed E-state index contributed by atoms with van der Waals surface area (Å²) in [4.78, 5) is 36.8. The average Bonchev–Trinajstić information content (AvgIpc) is 3.33. The van der Waals surface area contributed by atoms with Crippen LogP contribution in [0.4, 0.5) is 29.8 Å². The SMILES string of the molecule is CC.O=C(O)CN1CCN(c2ccc(NC(=O)c3sc(N4CCCCC4)nc3C(F)(F)F)cn2)CC1. The van der Waals surface area contributed by atoms with Crippen LogP contribution in [-0.2, 0) is 11.0 Å². The molecule has 4 heterocycles. The number of thiazole rings is 1. The maximum absolute atomic E-state index is 13.6. The zero-order valence-corrected chi connectivity index (χ0v) is 21.2. The van der Waals surface area contributed by atoms with Gasteiger partial charge >= 0.3 is 12.1 Å². The number of carbonyl (C=O) groups excluding carboxylic acids is 1. The average molecular weight is 529 g/mol. The number of alkyl halides is 3. The number of rotatable bonds is 6. The van der Waals surface area contributed by atoms with Crippen molar-refractivity contribution in [1.29, 1.82) is 0 Å². The van der Waals surface area contributed by atoms with Crippen LogP contribution in [-0.4, -0.2) is 77.7 Å². The molecule has 2 aromatic rings. The van der Waals surface area contributed by atoms with Crippen LogP contribution in [0.2, 0.25) is 0 Å². The summed E-state index contributed by atoms with van der Waals surface area (Å²) >= 11 is 0.758. The molecule has 0 radical (unpaired) electrons. The van der Waals surface area contributed by atoms with Crippen LogP contribution in [0.3, 0.4) is 0 Å². The van der Waals surface area contributed by atoms with Gasteiger partial charge in [-0.05, 0) is 31.4 Å². The summed E-state index contributed by atoms with van der Waals surface area (Å²) in [7, 11) is 0. The number of aliphatic carboxylic acids is 1. The van der Waals surface area contributed by atoms with Gasteiger partial charge in [0.1, 0.15) is 10.7 Å². The normalized spacial score (nSPS) is 16.8. The Labute approximate surface area is 211 Å². The van der Waals surface area contributed by atoms with E-state index in [2.05, 4.69) is 15.3 Å². The number of piperazine rings is 1. The van der Waals surface area contributed by atoms with Crippen LogP contribution in [0.25, 0.3) is 0 Å².